The summed E-state index contributed by atoms with van der Waals surface area (Å²) in [4.78, 5) is 11.2. The fourth-order valence-corrected chi connectivity index (χ4v) is 6.09. The van der Waals surface area contributed by atoms with Gasteiger partial charge in [-0.3, -0.25) is 4.79 Å². The summed E-state index contributed by atoms with van der Waals surface area (Å²) in [5.74, 6) is 3.75. The summed E-state index contributed by atoms with van der Waals surface area (Å²) in [5, 5.41) is 2.85. The number of carbonyl (C=O) groups excluding carboxylic acids is 1. The largest absolute Gasteiger partial charge is 0.353 e. The summed E-state index contributed by atoms with van der Waals surface area (Å²) in [7, 11) is 0. The van der Waals surface area contributed by atoms with E-state index in [-0.39, 0.29) is 5.91 Å². The Labute approximate surface area is 191 Å². The third-order valence-electron chi connectivity index (χ3n) is 8.12. The minimum Gasteiger partial charge on any atom is -0.353 e. The molecule has 0 atom stereocenters. The first-order chi connectivity index (χ1) is 15.2. The van der Waals surface area contributed by atoms with E-state index in [1.807, 2.05) is 0 Å². The molecule has 2 saturated carbocycles. The van der Waals surface area contributed by atoms with Crippen LogP contribution in [0.5, 0.6) is 0 Å². The van der Waals surface area contributed by atoms with Crippen LogP contribution in [0.4, 0.5) is 0 Å². The zero-order chi connectivity index (χ0) is 21.9. The van der Waals surface area contributed by atoms with Crippen molar-refractivity contribution in [1.29, 1.82) is 0 Å². The van der Waals surface area contributed by atoms with Crippen molar-refractivity contribution >= 4 is 5.91 Å². The molecule has 1 aromatic rings. The number of amides is 1. The molecule has 172 valence electrons. The van der Waals surface area contributed by atoms with Crippen molar-refractivity contribution in [2.75, 3.05) is 6.54 Å². The van der Waals surface area contributed by atoms with Gasteiger partial charge < -0.3 is 5.32 Å². The summed E-state index contributed by atoms with van der Waals surface area (Å²) >= 11 is 0. The van der Waals surface area contributed by atoms with Crippen molar-refractivity contribution in [1.82, 2.24) is 5.32 Å². The van der Waals surface area contributed by atoms with Crippen LogP contribution in [0.1, 0.15) is 107 Å². The van der Waals surface area contributed by atoms with E-state index in [9.17, 15) is 4.79 Å². The van der Waals surface area contributed by atoms with Gasteiger partial charge in [0.1, 0.15) is 0 Å². The zero-order valence-electron chi connectivity index (χ0n) is 19.9. The van der Waals surface area contributed by atoms with Gasteiger partial charge in [0.2, 0.25) is 5.91 Å². The Hall–Kier alpha value is -1.57. The number of nitrogens with one attached hydrogen (secondary N) is 1. The van der Waals surface area contributed by atoms with E-state index >= 15 is 0 Å². The average molecular weight is 424 g/mol. The summed E-state index contributed by atoms with van der Waals surface area (Å²) in [6.45, 7) is 6.52. The van der Waals surface area contributed by atoms with Gasteiger partial charge in [0.25, 0.3) is 0 Å². The number of benzene rings is 1. The van der Waals surface area contributed by atoms with Crippen molar-refractivity contribution < 1.29 is 4.79 Å². The molecule has 0 unspecified atom stereocenters. The summed E-state index contributed by atoms with van der Waals surface area (Å²) in [6.07, 6.45) is 20.8. The lowest BCUT2D eigenvalue weighted by molar-refractivity contribution is -0.116. The van der Waals surface area contributed by atoms with Crippen molar-refractivity contribution in [3.05, 3.63) is 48.0 Å². The molecule has 2 fully saturated rings. The molecule has 0 bridgehead atoms. The molecular formula is C29H45NO. The van der Waals surface area contributed by atoms with Crippen LogP contribution in [0.15, 0.2) is 36.9 Å². The minimum atomic E-state index is -0.0778. The smallest absolute Gasteiger partial charge is 0.243 e. The second kappa shape index (κ2) is 13.1. The SMILES string of the molecule is C=CC(=O)NCCCc1ccc(C2CCC(C3CCC(CCCCC)CC3)CC2)cc1. The van der Waals surface area contributed by atoms with Crippen molar-refractivity contribution in [3.8, 4) is 0 Å². The van der Waals surface area contributed by atoms with Crippen LogP contribution in [-0.2, 0) is 11.2 Å². The van der Waals surface area contributed by atoms with E-state index in [0.29, 0.717) is 0 Å². The fourth-order valence-electron chi connectivity index (χ4n) is 6.09. The van der Waals surface area contributed by atoms with Gasteiger partial charge in [-0.1, -0.05) is 76.3 Å². The minimum absolute atomic E-state index is 0.0778. The maximum atomic E-state index is 11.2. The maximum absolute atomic E-state index is 11.2. The van der Waals surface area contributed by atoms with Gasteiger partial charge in [-0.05, 0) is 92.2 Å². The highest BCUT2D eigenvalue weighted by atomic mass is 16.1. The molecule has 0 saturated heterocycles. The molecular weight excluding hydrogens is 378 g/mol. The highest BCUT2D eigenvalue weighted by Gasteiger charge is 2.31. The average Bonchev–Trinajstić information content (AvgIpc) is 2.83. The van der Waals surface area contributed by atoms with Gasteiger partial charge in [0.05, 0.1) is 0 Å². The number of carbonyl (C=O) groups is 1. The Balaban J connectivity index is 1.35. The molecule has 0 aromatic heterocycles. The molecule has 3 rings (SSSR count). The number of hydrogen-bond acceptors (Lipinski definition) is 1. The molecule has 1 N–H and O–H groups in total. The molecule has 2 heteroatoms. The molecule has 2 aliphatic rings. The first-order valence-corrected chi connectivity index (χ1v) is 13.2. The van der Waals surface area contributed by atoms with E-state index in [1.54, 1.807) is 5.56 Å². The zero-order valence-corrected chi connectivity index (χ0v) is 19.9. The Kier molecular flexibility index (Phi) is 10.2. The summed E-state index contributed by atoms with van der Waals surface area (Å²) < 4.78 is 0. The quantitative estimate of drug-likeness (QED) is 0.288. The molecule has 0 spiro atoms. The van der Waals surface area contributed by atoms with E-state index in [2.05, 4.69) is 43.1 Å². The molecule has 2 nitrogen and oxygen atoms in total. The highest BCUT2D eigenvalue weighted by Crippen LogP contribution is 2.44. The van der Waals surface area contributed by atoms with Crippen LogP contribution >= 0.6 is 0 Å². The third-order valence-corrected chi connectivity index (χ3v) is 8.12. The second-order valence-electron chi connectivity index (χ2n) is 10.2. The van der Waals surface area contributed by atoms with Crippen LogP contribution in [-0.4, -0.2) is 12.5 Å². The Bertz CT molecular complexity index is 648. The lowest BCUT2D eigenvalue weighted by Gasteiger charge is -2.38. The van der Waals surface area contributed by atoms with Crippen LogP contribution in [0.25, 0.3) is 0 Å². The Morgan fingerprint density at radius 2 is 1.58 bits per heavy atom. The molecule has 2 aliphatic carbocycles. The first-order valence-electron chi connectivity index (χ1n) is 13.2. The van der Waals surface area contributed by atoms with E-state index < -0.39 is 0 Å². The summed E-state index contributed by atoms with van der Waals surface area (Å²) in [6, 6.07) is 9.33. The van der Waals surface area contributed by atoms with E-state index in [4.69, 9.17) is 0 Å². The van der Waals surface area contributed by atoms with Gasteiger partial charge in [-0.2, -0.15) is 0 Å². The predicted molar refractivity (Wildman–Crippen MR) is 132 cm³/mol. The van der Waals surface area contributed by atoms with Gasteiger partial charge in [0.15, 0.2) is 0 Å². The van der Waals surface area contributed by atoms with Gasteiger partial charge in [-0.25, -0.2) is 0 Å². The summed E-state index contributed by atoms with van der Waals surface area (Å²) in [5.41, 5.74) is 2.92. The Morgan fingerprint density at radius 3 is 2.19 bits per heavy atom. The van der Waals surface area contributed by atoms with Crippen LogP contribution in [0.2, 0.25) is 0 Å². The molecule has 1 aromatic carbocycles. The molecule has 31 heavy (non-hydrogen) atoms. The lowest BCUT2D eigenvalue weighted by atomic mass is 9.68. The van der Waals surface area contributed by atoms with Gasteiger partial charge >= 0.3 is 0 Å². The molecule has 0 heterocycles. The number of aryl methyl sites for hydroxylation is 1. The Morgan fingerprint density at radius 1 is 0.935 bits per heavy atom. The highest BCUT2D eigenvalue weighted by molar-refractivity contribution is 5.86. The number of hydrogen-bond donors (Lipinski definition) is 1. The standard InChI is InChI=1S/C29H45NO/c1-3-5-6-8-23-10-14-25(15-11-23)27-18-20-28(21-19-27)26-16-12-24(13-17-26)9-7-22-30-29(31)4-2/h4,12-13,16-17,23,25,27-28H,2-3,5-11,14-15,18-22H2,1H3,(H,30,31). The molecule has 1 amide bonds. The third kappa shape index (κ3) is 7.81. The first kappa shape index (κ1) is 24.1. The maximum Gasteiger partial charge on any atom is 0.243 e. The van der Waals surface area contributed by atoms with E-state index in [0.717, 1.165) is 43.1 Å². The molecule has 0 radical (unpaired) electrons. The topological polar surface area (TPSA) is 29.1 Å². The molecule has 0 aliphatic heterocycles. The van der Waals surface area contributed by atoms with Crippen molar-refractivity contribution in [2.45, 2.75) is 103 Å². The van der Waals surface area contributed by atoms with Crippen LogP contribution < -0.4 is 5.32 Å². The van der Waals surface area contributed by atoms with E-state index in [1.165, 1.54) is 88.7 Å². The van der Waals surface area contributed by atoms with Crippen molar-refractivity contribution in [2.24, 2.45) is 17.8 Å². The van der Waals surface area contributed by atoms with Crippen molar-refractivity contribution in [3.63, 3.8) is 0 Å². The predicted octanol–water partition coefficient (Wildman–Crippen LogP) is 7.58. The monoisotopic (exact) mass is 423 g/mol. The van der Waals surface area contributed by atoms with Gasteiger partial charge in [-0.15, -0.1) is 0 Å². The number of rotatable bonds is 11. The lowest BCUT2D eigenvalue weighted by Crippen LogP contribution is -2.25. The normalized spacial score (nSPS) is 26.4. The fraction of sp³-hybridized carbons (Fsp3) is 0.690. The second-order valence-corrected chi connectivity index (χ2v) is 10.2. The van der Waals surface area contributed by atoms with Crippen LogP contribution in [0, 0.1) is 17.8 Å². The van der Waals surface area contributed by atoms with Crippen LogP contribution in [0.3, 0.4) is 0 Å². The number of unbranched alkanes of at least 4 members (excludes halogenated alkanes) is 2. The van der Waals surface area contributed by atoms with Gasteiger partial charge in [0, 0.05) is 6.54 Å².